The SMILES string of the molecule is CC(C)C(C)NC(=O)COC1CCC(C(=O)O)CC1. The highest BCUT2D eigenvalue weighted by Crippen LogP contribution is 2.26. The van der Waals surface area contributed by atoms with Gasteiger partial charge in [0.25, 0.3) is 0 Å². The van der Waals surface area contributed by atoms with Crippen LogP contribution in [0.5, 0.6) is 0 Å². The molecule has 0 aliphatic heterocycles. The number of carbonyl (C=O) groups is 2. The van der Waals surface area contributed by atoms with Crippen molar-refractivity contribution in [1.29, 1.82) is 0 Å². The van der Waals surface area contributed by atoms with Crippen LogP contribution in [0.3, 0.4) is 0 Å². The Morgan fingerprint density at radius 3 is 2.26 bits per heavy atom. The van der Waals surface area contributed by atoms with Crippen molar-refractivity contribution in [3.63, 3.8) is 0 Å². The van der Waals surface area contributed by atoms with Crippen LogP contribution in [0.1, 0.15) is 46.5 Å². The molecule has 0 bridgehead atoms. The van der Waals surface area contributed by atoms with Gasteiger partial charge in [0, 0.05) is 6.04 Å². The molecule has 0 heterocycles. The van der Waals surface area contributed by atoms with E-state index in [1.54, 1.807) is 0 Å². The standard InChI is InChI=1S/C14H25NO4/c1-9(2)10(3)15-13(16)8-19-12-6-4-11(5-7-12)14(17)18/h9-12H,4-8H2,1-3H3,(H,15,16)(H,17,18). The molecule has 5 heteroatoms. The zero-order chi connectivity index (χ0) is 14.4. The van der Waals surface area contributed by atoms with Gasteiger partial charge in [-0.25, -0.2) is 0 Å². The Labute approximate surface area is 114 Å². The monoisotopic (exact) mass is 271 g/mol. The van der Waals surface area contributed by atoms with Gasteiger partial charge in [0.15, 0.2) is 0 Å². The molecule has 0 aromatic heterocycles. The molecular weight excluding hydrogens is 246 g/mol. The first-order valence-electron chi connectivity index (χ1n) is 7.04. The first-order valence-corrected chi connectivity index (χ1v) is 7.04. The Balaban J connectivity index is 2.20. The second-order valence-corrected chi connectivity index (χ2v) is 5.72. The summed E-state index contributed by atoms with van der Waals surface area (Å²) in [4.78, 5) is 22.5. The molecule has 1 atom stereocenters. The highest BCUT2D eigenvalue weighted by atomic mass is 16.5. The lowest BCUT2D eigenvalue weighted by Crippen LogP contribution is -2.39. The number of carboxylic acid groups (broad SMARTS) is 1. The third-order valence-corrected chi connectivity index (χ3v) is 3.86. The lowest BCUT2D eigenvalue weighted by atomic mass is 9.87. The van der Waals surface area contributed by atoms with Gasteiger partial charge in [-0.15, -0.1) is 0 Å². The van der Waals surface area contributed by atoms with Crippen molar-refractivity contribution in [3.05, 3.63) is 0 Å². The summed E-state index contributed by atoms with van der Waals surface area (Å²) in [5.41, 5.74) is 0. The minimum atomic E-state index is -0.720. The van der Waals surface area contributed by atoms with E-state index in [1.165, 1.54) is 0 Å². The number of hydrogen-bond donors (Lipinski definition) is 2. The number of hydrogen-bond acceptors (Lipinski definition) is 3. The van der Waals surface area contributed by atoms with E-state index >= 15 is 0 Å². The zero-order valence-corrected chi connectivity index (χ0v) is 12.0. The lowest BCUT2D eigenvalue weighted by molar-refractivity contribution is -0.144. The molecule has 1 saturated carbocycles. The molecule has 1 unspecified atom stereocenters. The van der Waals surface area contributed by atoms with Crippen molar-refractivity contribution in [2.45, 2.75) is 58.6 Å². The maximum atomic E-state index is 11.6. The van der Waals surface area contributed by atoms with Gasteiger partial charge in [0.2, 0.25) is 5.91 Å². The van der Waals surface area contributed by atoms with Gasteiger partial charge >= 0.3 is 5.97 Å². The molecular formula is C14H25NO4. The highest BCUT2D eigenvalue weighted by Gasteiger charge is 2.26. The molecule has 0 aromatic rings. The van der Waals surface area contributed by atoms with Crippen LogP contribution in [0, 0.1) is 11.8 Å². The summed E-state index contributed by atoms with van der Waals surface area (Å²) in [5.74, 6) is -0.659. The molecule has 1 rings (SSSR count). The van der Waals surface area contributed by atoms with E-state index in [4.69, 9.17) is 9.84 Å². The topological polar surface area (TPSA) is 75.6 Å². The van der Waals surface area contributed by atoms with Crippen LogP contribution in [0.4, 0.5) is 0 Å². The summed E-state index contributed by atoms with van der Waals surface area (Å²) in [6, 6.07) is 0.138. The van der Waals surface area contributed by atoms with Gasteiger partial charge < -0.3 is 15.2 Å². The second-order valence-electron chi connectivity index (χ2n) is 5.72. The minimum absolute atomic E-state index is 0.0238. The Kier molecular flexibility index (Phi) is 6.28. The largest absolute Gasteiger partial charge is 0.481 e. The van der Waals surface area contributed by atoms with Gasteiger partial charge in [-0.2, -0.15) is 0 Å². The van der Waals surface area contributed by atoms with E-state index in [1.807, 2.05) is 6.92 Å². The lowest BCUT2D eigenvalue weighted by Gasteiger charge is -2.26. The first kappa shape index (κ1) is 16.0. The van der Waals surface area contributed by atoms with Gasteiger partial charge in [0.1, 0.15) is 6.61 Å². The van der Waals surface area contributed by atoms with Gasteiger partial charge in [-0.05, 0) is 38.5 Å². The maximum Gasteiger partial charge on any atom is 0.306 e. The Bertz CT molecular complexity index is 309. The van der Waals surface area contributed by atoms with Crippen LogP contribution in [-0.2, 0) is 14.3 Å². The highest BCUT2D eigenvalue weighted by molar-refractivity contribution is 5.77. The number of ether oxygens (including phenoxy) is 1. The third-order valence-electron chi connectivity index (χ3n) is 3.86. The van der Waals surface area contributed by atoms with E-state index in [2.05, 4.69) is 19.2 Å². The molecule has 0 saturated heterocycles. The molecule has 1 aliphatic carbocycles. The van der Waals surface area contributed by atoms with Crippen LogP contribution >= 0.6 is 0 Å². The summed E-state index contributed by atoms with van der Waals surface area (Å²) in [6.07, 6.45) is 2.76. The predicted octanol–water partition coefficient (Wildman–Crippen LogP) is 1.81. The van der Waals surface area contributed by atoms with Crippen molar-refractivity contribution in [2.24, 2.45) is 11.8 Å². The van der Waals surface area contributed by atoms with Crippen molar-refractivity contribution in [3.8, 4) is 0 Å². The van der Waals surface area contributed by atoms with Crippen molar-refractivity contribution < 1.29 is 19.4 Å². The average molecular weight is 271 g/mol. The Morgan fingerprint density at radius 1 is 1.21 bits per heavy atom. The number of carbonyl (C=O) groups excluding carboxylic acids is 1. The van der Waals surface area contributed by atoms with Crippen LogP contribution in [0.15, 0.2) is 0 Å². The molecule has 2 N–H and O–H groups in total. The fourth-order valence-corrected chi connectivity index (χ4v) is 2.13. The molecule has 19 heavy (non-hydrogen) atoms. The molecule has 5 nitrogen and oxygen atoms in total. The smallest absolute Gasteiger partial charge is 0.306 e. The second kappa shape index (κ2) is 7.48. The number of amides is 1. The fourth-order valence-electron chi connectivity index (χ4n) is 2.13. The van der Waals surface area contributed by atoms with E-state index < -0.39 is 5.97 Å². The summed E-state index contributed by atoms with van der Waals surface area (Å²) in [6.45, 7) is 6.15. The van der Waals surface area contributed by atoms with Gasteiger partial charge in [0.05, 0.1) is 12.0 Å². The quantitative estimate of drug-likeness (QED) is 0.772. The zero-order valence-electron chi connectivity index (χ0n) is 12.0. The molecule has 0 radical (unpaired) electrons. The number of aliphatic carboxylic acids is 1. The predicted molar refractivity (Wildman–Crippen MR) is 71.8 cm³/mol. The van der Waals surface area contributed by atoms with E-state index in [-0.39, 0.29) is 30.6 Å². The van der Waals surface area contributed by atoms with Crippen molar-refractivity contribution in [1.82, 2.24) is 5.32 Å². The number of nitrogens with one attached hydrogen (secondary N) is 1. The van der Waals surface area contributed by atoms with E-state index in [0.717, 1.165) is 12.8 Å². The van der Waals surface area contributed by atoms with Gasteiger partial charge in [-0.1, -0.05) is 13.8 Å². The Morgan fingerprint density at radius 2 is 1.79 bits per heavy atom. The molecule has 0 aromatic carbocycles. The molecule has 1 amide bonds. The third kappa shape index (κ3) is 5.59. The normalized spacial score (nSPS) is 25.1. The minimum Gasteiger partial charge on any atom is -0.481 e. The van der Waals surface area contributed by atoms with Crippen LogP contribution in [0.25, 0.3) is 0 Å². The summed E-state index contributed by atoms with van der Waals surface area (Å²) >= 11 is 0. The molecule has 1 fully saturated rings. The first-order chi connectivity index (χ1) is 8.90. The molecule has 0 spiro atoms. The Hall–Kier alpha value is -1.10. The maximum absolute atomic E-state index is 11.6. The number of rotatable bonds is 6. The number of carboxylic acids is 1. The van der Waals surface area contributed by atoms with Crippen molar-refractivity contribution >= 4 is 11.9 Å². The van der Waals surface area contributed by atoms with Crippen LogP contribution < -0.4 is 5.32 Å². The van der Waals surface area contributed by atoms with Crippen LogP contribution in [0.2, 0.25) is 0 Å². The van der Waals surface area contributed by atoms with E-state index in [0.29, 0.717) is 18.8 Å². The molecule has 110 valence electrons. The molecule has 1 aliphatic rings. The summed E-state index contributed by atoms with van der Waals surface area (Å²) in [5, 5.41) is 11.8. The summed E-state index contributed by atoms with van der Waals surface area (Å²) in [7, 11) is 0. The van der Waals surface area contributed by atoms with Crippen molar-refractivity contribution in [2.75, 3.05) is 6.61 Å². The average Bonchev–Trinajstić information content (AvgIpc) is 2.36. The van der Waals surface area contributed by atoms with E-state index in [9.17, 15) is 9.59 Å². The van der Waals surface area contributed by atoms with Gasteiger partial charge in [-0.3, -0.25) is 9.59 Å². The van der Waals surface area contributed by atoms with Crippen LogP contribution in [-0.4, -0.2) is 35.7 Å². The summed E-state index contributed by atoms with van der Waals surface area (Å²) < 4.78 is 5.55. The fraction of sp³-hybridized carbons (Fsp3) is 0.857.